The van der Waals surface area contributed by atoms with Crippen molar-refractivity contribution in [1.82, 2.24) is 20.5 Å². The molecule has 1 saturated heterocycles. The molecule has 0 bridgehead atoms. The first kappa shape index (κ1) is 20.1. The maximum absolute atomic E-state index is 6.04. The third kappa shape index (κ3) is 4.61. The van der Waals surface area contributed by atoms with E-state index in [1.165, 1.54) is 19.4 Å². The third-order valence-corrected chi connectivity index (χ3v) is 6.32. The fraction of sp³-hybridized carbons (Fsp3) is 0.556. The van der Waals surface area contributed by atoms with Crippen LogP contribution in [-0.4, -0.2) is 48.1 Å². The number of thiazole rings is 1. The van der Waals surface area contributed by atoms with Gasteiger partial charge in [0.2, 0.25) is 0 Å². The number of benzene rings is 1. The van der Waals surface area contributed by atoms with Gasteiger partial charge in [-0.15, -0.1) is 35.3 Å². The van der Waals surface area contributed by atoms with E-state index in [0.717, 1.165) is 38.8 Å². The van der Waals surface area contributed by atoms with Crippen molar-refractivity contribution in [2.24, 2.45) is 10.9 Å². The molecule has 0 spiro atoms. The van der Waals surface area contributed by atoms with Crippen LogP contribution < -0.4 is 10.6 Å². The number of aliphatic imine (C=N–C) groups is 1. The Labute approximate surface area is 180 Å². The number of nitrogens with one attached hydrogen (secondary N) is 2. The standard InChI is InChI=1S/C18H24ClN5S.HI/c1-11-9-24(13-4-5-13)10-15(11)23-18(20-2)21-8-17-22-14-7-12(19)3-6-16(14)25-17;/h3,6-7,11,13,15H,4-5,8-10H2,1-2H3,(H2,20,21,23);1H. The second kappa shape index (κ2) is 8.58. The molecule has 1 aliphatic carbocycles. The topological polar surface area (TPSA) is 52.6 Å². The molecule has 2 atom stereocenters. The molecule has 8 heteroatoms. The number of nitrogens with zero attached hydrogens (tertiary/aromatic N) is 3. The van der Waals surface area contributed by atoms with Crippen molar-refractivity contribution in [2.45, 2.75) is 38.4 Å². The molecule has 0 amide bonds. The summed E-state index contributed by atoms with van der Waals surface area (Å²) in [6, 6.07) is 7.14. The zero-order chi connectivity index (χ0) is 17.4. The number of halogens is 2. The summed E-state index contributed by atoms with van der Waals surface area (Å²) in [6.07, 6.45) is 2.74. The maximum atomic E-state index is 6.04. The van der Waals surface area contributed by atoms with Gasteiger partial charge in [0, 0.05) is 37.2 Å². The fourth-order valence-electron chi connectivity index (χ4n) is 3.48. The Bertz CT molecular complexity index is 791. The minimum atomic E-state index is 0. The quantitative estimate of drug-likeness (QED) is 0.378. The highest BCUT2D eigenvalue weighted by molar-refractivity contribution is 14.0. The van der Waals surface area contributed by atoms with Crippen LogP contribution in [0, 0.1) is 5.92 Å². The van der Waals surface area contributed by atoms with Crippen molar-refractivity contribution in [3.05, 3.63) is 28.2 Å². The molecular formula is C18H25ClIN5S. The Balaban J connectivity index is 0.00000196. The molecule has 1 aromatic carbocycles. The average Bonchev–Trinajstić information content (AvgIpc) is 3.27. The molecule has 142 valence electrons. The van der Waals surface area contributed by atoms with Gasteiger partial charge < -0.3 is 10.6 Å². The van der Waals surface area contributed by atoms with E-state index in [4.69, 9.17) is 11.6 Å². The van der Waals surface area contributed by atoms with Crippen LogP contribution in [0.2, 0.25) is 5.02 Å². The lowest BCUT2D eigenvalue weighted by Crippen LogP contribution is -2.46. The van der Waals surface area contributed by atoms with Crippen molar-refractivity contribution in [3.8, 4) is 0 Å². The number of aromatic nitrogens is 1. The number of rotatable bonds is 4. The molecule has 2 N–H and O–H groups in total. The minimum absolute atomic E-state index is 0. The number of fused-ring (bicyclic) bond motifs is 1. The van der Waals surface area contributed by atoms with E-state index >= 15 is 0 Å². The summed E-state index contributed by atoms with van der Waals surface area (Å²) in [5, 5.41) is 8.77. The van der Waals surface area contributed by atoms with Gasteiger partial charge in [0.1, 0.15) is 5.01 Å². The molecule has 4 rings (SSSR count). The van der Waals surface area contributed by atoms with Crippen molar-refractivity contribution in [1.29, 1.82) is 0 Å². The van der Waals surface area contributed by atoms with Gasteiger partial charge in [0.15, 0.2) is 5.96 Å². The van der Waals surface area contributed by atoms with E-state index in [1.807, 2.05) is 25.2 Å². The molecule has 2 fully saturated rings. The van der Waals surface area contributed by atoms with Crippen LogP contribution in [0.15, 0.2) is 23.2 Å². The molecule has 1 saturated carbocycles. The zero-order valence-electron chi connectivity index (χ0n) is 15.0. The van der Waals surface area contributed by atoms with Gasteiger partial charge in [0.25, 0.3) is 0 Å². The number of hydrogen-bond acceptors (Lipinski definition) is 4. The third-order valence-electron chi connectivity index (χ3n) is 5.05. The monoisotopic (exact) mass is 505 g/mol. The average molecular weight is 506 g/mol. The van der Waals surface area contributed by atoms with Gasteiger partial charge in [-0.05, 0) is 37.0 Å². The predicted octanol–water partition coefficient (Wildman–Crippen LogP) is 3.72. The van der Waals surface area contributed by atoms with E-state index in [9.17, 15) is 0 Å². The molecular weight excluding hydrogens is 481 g/mol. The Morgan fingerprint density at radius 1 is 1.38 bits per heavy atom. The van der Waals surface area contributed by atoms with Crippen molar-refractivity contribution in [3.63, 3.8) is 0 Å². The molecule has 0 radical (unpaired) electrons. The molecule has 2 aromatic rings. The molecule has 2 heterocycles. The van der Waals surface area contributed by atoms with Crippen LogP contribution in [0.4, 0.5) is 0 Å². The van der Waals surface area contributed by atoms with E-state index in [1.54, 1.807) is 11.3 Å². The summed E-state index contributed by atoms with van der Waals surface area (Å²) in [5.41, 5.74) is 0.960. The van der Waals surface area contributed by atoms with Crippen LogP contribution in [0.3, 0.4) is 0 Å². The Kier molecular flexibility index (Phi) is 6.63. The highest BCUT2D eigenvalue weighted by Crippen LogP contribution is 2.31. The van der Waals surface area contributed by atoms with Crippen LogP contribution in [-0.2, 0) is 6.54 Å². The maximum Gasteiger partial charge on any atom is 0.191 e. The smallest absolute Gasteiger partial charge is 0.191 e. The molecule has 26 heavy (non-hydrogen) atoms. The van der Waals surface area contributed by atoms with E-state index in [-0.39, 0.29) is 24.0 Å². The Morgan fingerprint density at radius 3 is 2.92 bits per heavy atom. The normalized spacial score (nSPS) is 23.9. The van der Waals surface area contributed by atoms with Gasteiger partial charge in [0.05, 0.1) is 16.8 Å². The molecule has 2 unspecified atom stereocenters. The SMILES string of the molecule is CN=C(NCc1nc2cc(Cl)ccc2s1)NC1CN(C2CC2)CC1C.I. The minimum Gasteiger partial charge on any atom is -0.352 e. The fourth-order valence-corrected chi connectivity index (χ4v) is 4.54. The van der Waals surface area contributed by atoms with Crippen molar-refractivity contribution < 1.29 is 0 Å². The van der Waals surface area contributed by atoms with Gasteiger partial charge in [-0.1, -0.05) is 18.5 Å². The summed E-state index contributed by atoms with van der Waals surface area (Å²) >= 11 is 7.73. The lowest BCUT2D eigenvalue weighted by molar-refractivity contribution is 0.315. The van der Waals surface area contributed by atoms with Gasteiger partial charge in [-0.25, -0.2) is 4.98 Å². The molecule has 5 nitrogen and oxygen atoms in total. The highest BCUT2D eigenvalue weighted by atomic mass is 127. The van der Waals surface area contributed by atoms with Gasteiger partial charge >= 0.3 is 0 Å². The van der Waals surface area contributed by atoms with Crippen LogP contribution >= 0.6 is 46.9 Å². The summed E-state index contributed by atoms with van der Waals surface area (Å²) in [5.74, 6) is 1.50. The van der Waals surface area contributed by atoms with Gasteiger partial charge in [-0.3, -0.25) is 9.89 Å². The Morgan fingerprint density at radius 2 is 2.19 bits per heavy atom. The van der Waals surface area contributed by atoms with Crippen molar-refractivity contribution >= 4 is 63.1 Å². The molecule has 2 aliphatic rings. The first-order valence-electron chi connectivity index (χ1n) is 8.88. The van der Waals surface area contributed by atoms with E-state index in [0.29, 0.717) is 18.5 Å². The molecule has 1 aromatic heterocycles. The highest BCUT2D eigenvalue weighted by Gasteiger charge is 2.38. The first-order valence-corrected chi connectivity index (χ1v) is 10.1. The van der Waals surface area contributed by atoms with Gasteiger partial charge in [-0.2, -0.15) is 0 Å². The lowest BCUT2D eigenvalue weighted by Gasteiger charge is -2.20. The number of guanidine groups is 1. The van der Waals surface area contributed by atoms with E-state index < -0.39 is 0 Å². The predicted molar refractivity (Wildman–Crippen MR) is 121 cm³/mol. The largest absolute Gasteiger partial charge is 0.352 e. The summed E-state index contributed by atoms with van der Waals surface area (Å²) in [7, 11) is 1.83. The molecule has 1 aliphatic heterocycles. The van der Waals surface area contributed by atoms with Crippen LogP contribution in [0.5, 0.6) is 0 Å². The lowest BCUT2D eigenvalue weighted by atomic mass is 10.1. The number of hydrogen-bond donors (Lipinski definition) is 2. The van der Waals surface area contributed by atoms with Crippen LogP contribution in [0.1, 0.15) is 24.8 Å². The Hall–Kier alpha value is -0.640. The zero-order valence-corrected chi connectivity index (χ0v) is 18.9. The summed E-state index contributed by atoms with van der Waals surface area (Å²) in [4.78, 5) is 11.7. The number of likely N-dealkylation sites (tertiary alicyclic amines) is 1. The second-order valence-electron chi connectivity index (χ2n) is 7.06. The summed E-state index contributed by atoms with van der Waals surface area (Å²) in [6.45, 7) is 5.30. The summed E-state index contributed by atoms with van der Waals surface area (Å²) < 4.78 is 1.16. The van der Waals surface area contributed by atoms with E-state index in [2.05, 4.69) is 32.4 Å². The van der Waals surface area contributed by atoms with Crippen molar-refractivity contribution in [2.75, 3.05) is 20.1 Å². The second-order valence-corrected chi connectivity index (χ2v) is 8.61. The van der Waals surface area contributed by atoms with Crippen LogP contribution in [0.25, 0.3) is 10.2 Å². The first-order chi connectivity index (χ1) is 12.1.